The summed E-state index contributed by atoms with van der Waals surface area (Å²) in [6.07, 6.45) is 20.6. The zero-order valence-electron chi connectivity index (χ0n) is 39.3. The molecule has 4 N–H and O–H groups in total. The summed E-state index contributed by atoms with van der Waals surface area (Å²) in [7, 11) is -3.97. The maximum Gasteiger partial charge on any atom is 0.407 e. The molecule has 0 aromatic rings. The van der Waals surface area contributed by atoms with Crippen molar-refractivity contribution in [2.75, 3.05) is 52.9 Å². The third kappa shape index (κ3) is 22.8. The van der Waals surface area contributed by atoms with Crippen molar-refractivity contribution in [1.82, 2.24) is 21.3 Å². The number of nitrogens with one attached hydrogen (secondary N) is 4. The zero-order valence-corrected chi connectivity index (χ0v) is 41.3. The number of carbonyl (C=O) groups excluding carboxylic acids is 4. The molecule has 0 aromatic carbocycles. The van der Waals surface area contributed by atoms with E-state index >= 15 is 0 Å². The van der Waals surface area contributed by atoms with Crippen molar-refractivity contribution in [2.24, 2.45) is 28.7 Å². The number of isocyanates is 1. The van der Waals surface area contributed by atoms with Crippen LogP contribution in [0.1, 0.15) is 116 Å². The lowest BCUT2D eigenvalue weighted by molar-refractivity contribution is -0.0602. The monoisotopic (exact) mass is 937 g/mol. The summed E-state index contributed by atoms with van der Waals surface area (Å²) in [6.45, 7) is 11.3. The maximum absolute atomic E-state index is 12.3. The van der Waals surface area contributed by atoms with Crippen LogP contribution in [0.4, 0.5) is 14.4 Å². The minimum atomic E-state index is -1.99. The fraction of sp³-hybridized carbons (Fsp3) is 0.889. The zero-order chi connectivity index (χ0) is 46.0. The number of ether oxygens (including phenoxy) is 6. The third-order valence-electron chi connectivity index (χ3n) is 13.4. The molecular weight excluding hydrogens is 857 g/mol. The number of rotatable bonds is 26. The van der Waals surface area contributed by atoms with E-state index in [1.165, 1.54) is 12.8 Å². The maximum atomic E-state index is 12.3. The quantitative estimate of drug-likeness (QED) is 0.0123. The van der Waals surface area contributed by atoms with E-state index in [9.17, 15) is 19.2 Å². The Kier molecular flexibility index (Phi) is 24.5. The van der Waals surface area contributed by atoms with Crippen molar-refractivity contribution < 1.29 is 51.7 Å². The first kappa shape index (κ1) is 53.4. The smallest absolute Gasteiger partial charge is 0.407 e. The summed E-state index contributed by atoms with van der Waals surface area (Å²) in [5.74, 6) is 2.65. The number of hydrogen-bond donors (Lipinski definition) is 4. The molecule has 0 spiro atoms. The van der Waals surface area contributed by atoms with Crippen LogP contribution in [0.3, 0.4) is 0 Å². The highest BCUT2D eigenvalue weighted by Crippen LogP contribution is 2.36. The molecule has 64 heavy (non-hydrogen) atoms. The molecule has 4 rings (SSSR count). The lowest BCUT2D eigenvalue weighted by Crippen LogP contribution is -2.45. The van der Waals surface area contributed by atoms with E-state index in [2.05, 4.69) is 52.4 Å². The molecule has 0 radical (unpaired) electrons. The third-order valence-corrected chi connectivity index (χ3v) is 20.9. The van der Waals surface area contributed by atoms with Crippen molar-refractivity contribution >= 4 is 41.0 Å². The van der Waals surface area contributed by atoms with Crippen LogP contribution in [0.25, 0.3) is 0 Å². The number of amides is 3. The van der Waals surface area contributed by atoms with Gasteiger partial charge in [-0.15, -0.1) is 0 Å². The molecule has 4 fully saturated rings. The fourth-order valence-corrected chi connectivity index (χ4v) is 18.9. The van der Waals surface area contributed by atoms with E-state index in [0.29, 0.717) is 50.1 Å². The molecule has 0 bridgehead atoms. The topological polar surface area (TPSA) is 217 Å². The molecule has 2 unspecified atom stereocenters. The first-order valence-corrected chi connectivity index (χ1v) is 30.5. The molecule has 3 amide bonds. The van der Waals surface area contributed by atoms with Crippen LogP contribution in [-0.2, 0) is 37.3 Å². The Morgan fingerprint density at radius 3 is 1.73 bits per heavy atom. The molecule has 4 aliphatic rings. The average molecular weight is 937 g/mol. The van der Waals surface area contributed by atoms with Gasteiger partial charge in [-0.3, -0.25) is 5.32 Å². The highest BCUT2D eigenvalue weighted by atomic mass is 28.4. The van der Waals surface area contributed by atoms with Gasteiger partial charge in [0.25, 0.3) is 6.26 Å². The van der Waals surface area contributed by atoms with Crippen molar-refractivity contribution in [1.29, 1.82) is 5.26 Å². The highest BCUT2D eigenvalue weighted by Gasteiger charge is 2.33. The lowest BCUT2D eigenvalue weighted by Gasteiger charge is -2.34. The summed E-state index contributed by atoms with van der Waals surface area (Å²) in [5, 5.41) is 20.6. The number of hydrogen-bond acceptors (Lipinski definition) is 14. The fourth-order valence-electron chi connectivity index (χ4n) is 10.0. The van der Waals surface area contributed by atoms with Gasteiger partial charge in [-0.1, -0.05) is 0 Å². The Bertz CT molecular complexity index is 1450. The van der Waals surface area contributed by atoms with Crippen LogP contribution in [0, 0.1) is 35.2 Å². The largest absolute Gasteiger partial charge is 0.455 e. The van der Waals surface area contributed by atoms with E-state index < -0.39 is 34.9 Å². The van der Waals surface area contributed by atoms with Gasteiger partial charge in [-0.2, -0.15) is 5.26 Å². The molecule has 17 nitrogen and oxygen atoms in total. The van der Waals surface area contributed by atoms with Crippen molar-refractivity contribution in [3.63, 3.8) is 0 Å². The second kappa shape index (κ2) is 29.4. The molecule has 1 saturated heterocycles. The van der Waals surface area contributed by atoms with E-state index in [4.69, 9.17) is 37.8 Å². The van der Waals surface area contributed by atoms with Crippen LogP contribution in [0.5, 0.6) is 0 Å². The van der Waals surface area contributed by atoms with Crippen LogP contribution < -0.4 is 21.3 Å². The van der Waals surface area contributed by atoms with Crippen LogP contribution in [0.15, 0.2) is 4.99 Å². The van der Waals surface area contributed by atoms with E-state index in [0.717, 1.165) is 121 Å². The Morgan fingerprint density at radius 1 is 0.672 bits per heavy atom. The molecule has 0 aromatic heterocycles. The SMILES string of the molecule is C[Si](C)(CCCNC(=O)OCCOCNC1CCC(CC2CCC(OC#N)CC2)CO1)O[Si](C)(C)CCCNC(=O)OCCOC(=O)NC1CCC(CC2CCC(N=C=O)CC2)CC1. The molecule has 1 aliphatic heterocycles. The van der Waals surface area contributed by atoms with Crippen molar-refractivity contribution in [3.8, 4) is 6.26 Å². The number of alkyl carbamates (subject to hydrolysis) is 3. The van der Waals surface area contributed by atoms with Crippen molar-refractivity contribution in [2.45, 2.75) is 178 Å². The van der Waals surface area contributed by atoms with Gasteiger partial charge in [0, 0.05) is 19.1 Å². The Labute approximate surface area is 384 Å². The molecule has 19 heteroatoms. The van der Waals surface area contributed by atoms with Gasteiger partial charge >= 0.3 is 18.3 Å². The summed E-state index contributed by atoms with van der Waals surface area (Å²) in [5.41, 5.74) is 0. The van der Waals surface area contributed by atoms with Gasteiger partial charge in [0.2, 0.25) is 6.08 Å². The van der Waals surface area contributed by atoms with E-state index in [1.807, 2.05) is 6.26 Å². The molecule has 2 atom stereocenters. The Morgan fingerprint density at radius 2 is 1.19 bits per heavy atom. The predicted molar refractivity (Wildman–Crippen MR) is 246 cm³/mol. The minimum Gasteiger partial charge on any atom is -0.455 e. The first-order chi connectivity index (χ1) is 30.8. The molecular formula is C45H80N6O11Si2. The van der Waals surface area contributed by atoms with Crippen LogP contribution in [-0.4, -0.2) is 118 Å². The van der Waals surface area contributed by atoms with E-state index in [1.54, 1.807) is 6.08 Å². The average Bonchev–Trinajstić information content (AvgIpc) is 3.26. The molecule has 364 valence electrons. The van der Waals surface area contributed by atoms with Gasteiger partial charge in [-0.25, -0.2) is 24.2 Å². The molecule has 3 aliphatic carbocycles. The number of carbonyl (C=O) groups is 3. The highest BCUT2D eigenvalue weighted by molar-refractivity contribution is 6.84. The Balaban J connectivity index is 0.907. The second-order valence-corrected chi connectivity index (χ2v) is 28.5. The summed E-state index contributed by atoms with van der Waals surface area (Å²) in [6, 6.07) is 2.05. The minimum absolute atomic E-state index is 0.00681. The van der Waals surface area contributed by atoms with Gasteiger partial charge in [0.15, 0.2) is 16.6 Å². The van der Waals surface area contributed by atoms with Gasteiger partial charge in [-0.05, 0) is 178 Å². The van der Waals surface area contributed by atoms with Crippen LogP contribution >= 0.6 is 0 Å². The summed E-state index contributed by atoms with van der Waals surface area (Å²) < 4.78 is 39.2. The first-order valence-electron chi connectivity index (χ1n) is 24.3. The van der Waals surface area contributed by atoms with Gasteiger partial charge < -0.3 is 48.5 Å². The van der Waals surface area contributed by atoms with E-state index in [-0.39, 0.29) is 44.2 Å². The standard InChI is InChI=1S/C45H80N6O11Si2/c1-63(2,27-5-21-47-43(53)57-24-23-56-34-50-42-20-13-38(31-60-42)30-37-11-18-41(19-12-37)61-32-46)62-64(3,4)28-6-22-48-44(54)58-25-26-59-45(55)51-40-16-9-36(10-17-40)29-35-7-14-39(15-8-35)49-33-52/h35-42,50H,5-31,34H2,1-4H3,(H,47,53)(H,48,54)(H,51,55). The van der Waals surface area contributed by atoms with Crippen molar-refractivity contribution in [3.05, 3.63) is 0 Å². The van der Waals surface area contributed by atoms with Gasteiger partial charge in [0.1, 0.15) is 32.2 Å². The number of nitrogens with zero attached hydrogens (tertiary/aromatic N) is 2. The lowest BCUT2D eigenvalue weighted by atomic mass is 9.76. The normalized spacial score (nSPS) is 26.3. The van der Waals surface area contributed by atoms with Gasteiger partial charge in [0.05, 0.1) is 26.0 Å². The molecule has 1 heterocycles. The second-order valence-electron chi connectivity index (χ2n) is 19.7. The van der Waals surface area contributed by atoms with Crippen LogP contribution in [0.2, 0.25) is 38.3 Å². The Hall–Kier alpha value is -3.25. The number of aliphatic imine (C=N–C) groups is 1. The number of nitriles is 1. The summed E-state index contributed by atoms with van der Waals surface area (Å²) in [4.78, 5) is 51.2. The molecule has 3 saturated carbocycles. The predicted octanol–water partition coefficient (Wildman–Crippen LogP) is 7.98. The summed E-state index contributed by atoms with van der Waals surface area (Å²) >= 11 is 0.